The molecule has 2 N–H and O–H groups in total. The van der Waals surface area contributed by atoms with Crippen molar-refractivity contribution in [2.45, 2.75) is 27.3 Å². The molecule has 2 amide bonds. The van der Waals surface area contributed by atoms with Crippen LogP contribution < -0.4 is 15.4 Å². The Labute approximate surface area is 173 Å². The van der Waals surface area contributed by atoms with Crippen molar-refractivity contribution in [3.63, 3.8) is 0 Å². The molecule has 3 aromatic rings. The van der Waals surface area contributed by atoms with Crippen molar-refractivity contribution in [3.8, 4) is 17.0 Å². The van der Waals surface area contributed by atoms with Gasteiger partial charge in [0, 0.05) is 24.4 Å². The summed E-state index contributed by atoms with van der Waals surface area (Å²) in [5.41, 5.74) is 5.04. The maximum absolute atomic E-state index is 12.2. The molecular weight excluding hydrogens is 386 g/mol. The number of aromatic nitrogens is 1. The summed E-state index contributed by atoms with van der Waals surface area (Å²) in [6.45, 7) is 5.95. The standard InChI is InChI=1S/C22H23N3O3S/c1-14-4-9-19(10-15(14)2)28-12-21(27)25-22-24-20(13-29-22)18-7-5-17(6-8-18)11-23-16(3)26/h4-10,13H,11-12H2,1-3H3,(H,23,26)(H,24,25,27). The molecule has 1 aromatic heterocycles. The monoisotopic (exact) mass is 409 g/mol. The lowest BCUT2D eigenvalue weighted by Gasteiger charge is -2.08. The molecular formula is C22H23N3O3S. The molecule has 3 rings (SSSR count). The number of hydrogen-bond donors (Lipinski definition) is 2. The van der Waals surface area contributed by atoms with E-state index in [0.29, 0.717) is 17.4 Å². The first kappa shape index (κ1) is 20.5. The van der Waals surface area contributed by atoms with Gasteiger partial charge in [-0.1, -0.05) is 30.3 Å². The van der Waals surface area contributed by atoms with Crippen molar-refractivity contribution >= 4 is 28.3 Å². The Hall–Kier alpha value is -3.19. The van der Waals surface area contributed by atoms with Gasteiger partial charge in [0.15, 0.2) is 11.7 Å². The fourth-order valence-corrected chi connectivity index (χ4v) is 3.33. The lowest BCUT2D eigenvalue weighted by atomic mass is 10.1. The third kappa shape index (κ3) is 5.89. The van der Waals surface area contributed by atoms with E-state index in [1.807, 2.05) is 61.7 Å². The zero-order valence-corrected chi connectivity index (χ0v) is 17.4. The number of carbonyl (C=O) groups excluding carboxylic acids is 2. The Kier molecular flexibility index (Phi) is 6.61. The molecule has 0 fully saturated rings. The molecule has 7 heteroatoms. The highest BCUT2D eigenvalue weighted by Crippen LogP contribution is 2.25. The van der Waals surface area contributed by atoms with E-state index in [1.54, 1.807) is 0 Å². The van der Waals surface area contributed by atoms with Gasteiger partial charge < -0.3 is 10.1 Å². The summed E-state index contributed by atoms with van der Waals surface area (Å²) in [4.78, 5) is 27.6. The smallest absolute Gasteiger partial charge is 0.264 e. The number of benzene rings is 2. The van der Waals surface area contributed by atoms with E-state index in [0.717, 1.165) is 22.4 Å². The highest BCUT2D eigenvalue weighted by Gasteiger charge is 2.09. The van der Waals surface area contributed by atoms with E-state index in [-0.39, 0.29) is 18.4 Å². The molecule has 0 unspecified atom stereocenters. The Morgan fingerprint density at radius 2 is 1.83 bits per heavy atom. The van der Waals surface area contributed by atoms with Gasteiger partial charge in [0.05, 0.1) is 5.69 Å². The molecule has 1 heterocycles. The molecule has 29 heavy (non-hydrogen) atoms. The number of nitrogens with one attached hydrogen (secondary N) is 2. The normalized spacial score (nSPS) is 10.4. The van der Waals surface area contributed by atoms with Gasteiger partial charge in [-0.25, -0.2) is 4.98 Å². The molecule has 0 spiro atoms. The Balaban J connectivity index is 1.54. The minimum Gasteiger partial charge on any atom is -0.484 e. The van der Waals surface area contributed by atoms with Crippen LogP contribution in [0.5, 0.6) is 5.75 Å². The first-order valence-corrected chi connectivity index (χ1v) is 10.1. The first-order valence-electron chi connectivity index (χ1n) is 9.20. The molecule has 0 saturated carbocycles. The second-order valence-electron chi connectivity index (χ2n) is 6.73. The van der Waals surface area contributed by atoms with Crippen LogP contribution in [0, 0.1) is 13.8 Å². The van der Waals surface area contributed by atoms with Gasteiger partial charge in [-0.3, -0.25) is 14.9 Å². The van der Waals surface area contributed by atoms with Crippen molar-refractivity contribution in [2.24, 2.45) is 0 Å². The van der Waals surface area contributed by atoms with E-state index >= 15 is 0 Å². The number of aryl methyl sites for hydroxylation is 2. The van der Waals surface area contributed by atoms with E-state index in [9.17, 15) is 9.59 Å². The Bertz CT molecular complexity index is 1010. The highest BCUT2D eigenvalue weighted by molar-refractivity contribution is 7.14. The molecule has 0 saturated heterocycles. The number of anilines is 1. The van der Waals surface area contributed by atoms with Crippen molar-refractivity contribution < 1.29 is 14.3 Å². The summed E-state index contributed by atoms with van der Waals surface area (Å²) in [6, 6.07) is 13.5. The lowest BCUT2D eigenvalue weighted by molar-refractivity contribution is -0.119. The fourth-order valence-electron chi connectivity index (χ4n) is 2.59. The van der Waals surface area contributed by atoms with Crippen molar-refractivity contribution in [3.05, 3.63) is 64.5 Å². The van der Waals surface area contributed by atoms with Crippen LogP contribution in [-0.2, 0) is 16.1 Å². The summed E-state index contributed by atoms with van der Waals surface area (Å²) in [7, 11) is 0. The number of rotatable bonds is 7. The SMILES string of the molecule is CC(=O)NCc1ccc(-c2csc(NC(=O)COc3ccc(C)c(C)c3)n2)cc1. The minimum absolute atomic E-state index is 0.0598. The summed E-state index contributed by atoms with van der Waals surface area (Å²) >= 11 is 1.36. The summed E-state index contributed by atoms with van der Waals surface area (Å²) in [5.74, 6) is 0.354. The van der Waals surface area contributed by atoms with Crippen LogP contribution in [0.25, 0.3) is 11.3 Å². The molecule has 2 aromatic carbocycles. The minimum atomic E-state index is -0.255. The third-order valence-electron chi connectivity index (χ3n) is 4.39. The summed E-state index contributed by atoms with van der Waals surface area (Å²) in [6.07, 6.45) is 0. The van der Waals surface area contributed by atoms with Crippen molar-refractivity contribution in [1.82, 2.24) is 10.3 Å². The topological polar surface area (TPSA) is 80.3 Å². The van der Waals surface area contributed by atoms with Crippen LogP contribution in [0.15, 0.2) is 47.8 Å². The van der Waals surface area contributed by atoms with Crippen LogP contribution in [0.4, 0.5) is 5.13 Å². The Morgan fingerprint density at radius 3 is 2.52 bits per heavy atom. The second kappa shape index (κ2) is 9.34. The highest BCUT2D eigenvalue weighted by atomic mass is 32.1. The van der Waals surface area contributed by atoms with Crippen LogP contribution in [-0.4, -0.2) is 23.4 Å². The average molecular weight is 410 g/mol. The molecule has 0 atom stereocenters. The quantitative estimate of drug-likeness (QED) is 0.616. The van der Waals surface area contributed by atoms with Crippen LogP contribution in [0.1, 0.15) is 23.6 Å². The molecule has 0 bridgehead atoms. The lowest BCUT2D eigenvalue weighted by Crippen LogP contribution is -2.20. The number of amides is 2. The van der Waals surface area contributed by atoms with Crippen molar-refractivity contribution in [2.75, 3.05) is 11.9 Å². The molecule has 150 valence electrons. The van der Waals surface area contributed by atoms with Gasteiger partial charge in [0.1, 0.15) is 5.75 Å². The van der Waals surface area contributed by atoms with E-state index in [4.69, 9.17) is 4.74 Å². The predicted octanol–water partition coefficient (Wildman–Crippen LogP) is 4.08. The van der Waals surface area contributed by atoms with Gasteiger partial charge in [0.25, 0.3) is 5.91 Å². The van der Waals surface area contributed by atoms with E-state index in [1.165, 1.54) is 23.8 Å². The average Bonchev–Trinajstić information content (AvgIpc) is 3.16. The number of hydrogen-bond acceptors (Lipinski definition) is 5. The maximum Gasteiger partial charge on any atom is 0.264 e. The molecule has 0 aliphatic heterocycles. The third-order valence-corrected chi connectivity index (χ3v) is 5.15. The number of thiazole rings is 1. The number of ether oxygens (including phenoxy) is 1. The van der Waals surface area contributed by atoms with Crippen LogP contribution in [0.2, 0.25) is 0 Å². The summed E-state index contributed by atoms with van der Waals surface area (Å²) < 4.78 is 5.56. The number of nitrogens with zero attached hydrogens (tertiary/aromatic N) is 1. The largest absolute Gasteiger partial charge is 0.484 e. The molecule has 0 aliphatic carbocycles. The number of carbonyl (C=O) groups is 2. The maximum atomic E-state index is 12.2. The Morgan fingerprint density at radius 1 is 1.07 bits per heavy atom. The second-order valence-corrected chi connectivity index (χ2v) is 7.59. The van der Waals surface area contributed by atoms with Gasteiger partial charge in [-0.2, -0.15) is 0 Å². The first-order chi connectivity index (χ1) is 13.9. The van der Waals surface area contributed by atoms with Gasteiger partial charge >= 0.3 is 0 Å². The molecule has 0 aliphatic rings. The molecule has 0 radical (unpaired) electrons. The van der Waals surface area contributed by atoms with Gasteiger partial charge in [0.2, 0.25) is 5.91 Å². The zero-order chi connectivity index (χ0) is 20.8. The van der Waals surface area contributed by atoms with E-state index < -0.39 is 0 Å². The van der Waals surface area contributed by atoms with E-state index in [2.05, 4.69) is 15.6 Å². The molecule has 6 nitrogen and oxygen atoms in total. The predicted molar refractivity (Wildman–Crippen MR) is 115 cm³/mol. The summed E-state index contributed by atoms with van der Waals surface area (Å²) in [5, 5.41) is 7.95. The van der Waals surface area contributed by atoms with Gasteiger partial charge in [-0.05, 0) is 42.7 Å². The van der Waals surface area contributed by atoms with Crippen LogP contribution >= 0.6 is 11.3 Å². The van der Waals surface area contributed by atoms with Gasteiger partial charge in [-0.15, -0.1) is 11.3 Å². The van der Waals surface area contributed by atoms with Crippen LogP contribution in [0.3, 0.4) is 0 Å². The zero-order valence-electron chi connectivity index (χ0n) is 16.6. The fraction of sp³-hybridized carbons (Fsp3) is 0.227. The van der Waals surface area contributed by atoms with Crippen molar-refractivity contribution in [1.29, 1.82) is 0 Å².